The number of quaternary nitrogens is 1. The summed E-state index contributed by atoms with van der Waals surface area (Å²) < 4.78 is 16.7. The first-order chi connectivity index (χ1) is 7.52. The van der Waals surface area contributed by atoms with E-state index in [0.717, 1.165) is 10.5 Å². The zero-order chi connectivity index (χ0) is 11.8. The van der Waals surface area contributed by atoms with Crippen molar-refractivity contribution in [3.8, 4) is 5.75 Å². The van der Waals surface area contributed by atoms with E-state index in [4.69, 9.17) is 4.74 Å². The number of hydrogen-bond acceptors (Lipinski definition) is 3. The van der Waals surface area contributed by atoms with Crippen molar-refractivity contribution >= 4 is 11.2 Å². The monoisotopic (exact) mass is 241 g/mol. The molecule has 0 spiro atoms. The van der Waals surface area contributed by atoms with E-state index in [-0.39, 0.29) is 4.65 Å². The lowest BCUT2D eigenvalue weighted by molar-refractivity contribution is -0.871. The van der Waals surface area contributed by atoms with Crippen LogP contribution in [0.25, 0.3) is 0 Å². The van der Waals surface area contributed by atoms with Gasteiger partial charge in [-0.3, -0.25) is 0 Å². The molecule has 0 aromatic heterocycles. The van der Waals surface area contributed by atoms with Gasteiger partial charge in [-0.25, -0.2) is 0 Å². The molecule has 0 saturated heterocycles. The maximum absolute atomic E-state index is 12.0. The summed E-state index contributed by atoms with van der Waals surface area (Å²) in [5.74, 6) is 1.14. The second-order valence-corrected chi connectivity index (χ2v) is 5.74. The maximum atomic E-state index is 12.0. The SMILES string of the molecule is COc1ccc2c(c1)C[N+](C)([O-])CC[S+]2[O-]. The van der Waals surface area contributed by atoms with Crippen molar-refractivity contribution in [1.82, 2.24) is 0 Å². The van der Waals surface area contributed by atoms with E-state index in [2.05, 4.69) is 0 Å². The summed E-state index contributed by atoms with van der Waals surface area (Å²) in [6, 6.07) is 5.40. The number of hydroxylamine groups is 3. The fourth-order valence-corrected chi connectivity index (χ4v) is 3.26. The average Bonchev–Trinajstić information content (AvgIpc) is 2.35. The molecule has 1 heterocycles. The Labute approximate surface area is 98.2 Å². The molecule has 0 radical (unpaired) electrons. The van der Waals surface area contributed by atoms with Crippen LogP contribution < -0.4 is 4.74 Å². The second kappa shape index (κ2) is 4.25. The molecule has 1 aliphatic rings. The number of rotatable bonds is 1. The van der Waals surface area contributed by atoms with Gasteiger partial charge < -0.3 is 19.1 Å². The Kier molecular flexibility index (Phi) is 3.12. The van der Waals surface area contributed by atoms with Crippen LogP contribution >= 0.6 is 0 Å². The van der Waals surface area contributed by atoms with E-state index >= 15 is 0 Å². The number of ether oxygens (including phenoxy) is 1. The summed E-state index contributed by atoms with van der Waals surface area (Å²) in [5, 5.41) is 12.0. The smallest absolute Gasteiger partial charge is 0.162 e. The van der Waals surface area contributed by atoms with E-state index in [1.165, 1.54) is 0 Å². The molecular formula is C11H15NO3S. The Morgan fingerprint density at radius 1 is 1.44 bits per heavy atom. The number of hydrogen-bond donors (Lipinski definition) is 0. The number of methoxy groups -OCH3 is 1. The van der Waals surface area contributed by atoms with Crippen molar-refractivity contribution < 1.29 is 13.9 Å². The van der Waals surface area contributed by atoms with Crippen molar-refractivity contribution in [3.63, 3.8) is 0 Å². The van der Waals surface area contributed by atoms with Crippen LogP contribution in [0.1, 0.15) is 5.56 Å². The molecule has 0 bridgehead atoms. The topological polar surface area (TPSA) is 55.3 Å². The molecule has 88 valence electrons. The average molecular weight is 241 g/mol. The van der Waals surface area contributed by atoms with E-state index < -0.39 is 11.2 Å². The quantitative estimate of drug-likeness (QED) is 0.422. The van der Waals surface area contributed by atoms with Gasteiger partial charge in [0.2, 0.25) is 0 Å². The molecular weight excluding hydrogens is 226 g/mol. The lowest BCUT2D eigenvalue weighted by Gasteiger charge is -2.36. The highest BCUT2D eigenvalue weighted by atomic mass is 32.2. The fraction of sp³-hybridized carbons (Fsp3) is 0.455. The van der Waals surface area contributed by atoms with Crippen LogP contribution in [0, 0.1) is 5.21 Å². The van der Waals surface area contributed by atoms with Gasteiger partial charge in [0.05, 0.1) is 19.7 Å². The third-order valence-electron chi connectivity index (χ3n) is 2.77. The third kappa shape index (κ3) is 2.32. The van der Waals surface area contributed by atoms with Crippen LogP contribution in [-0.4, -0.2) is 35.7 Å². The Bertz CT molecular complexity index is 395. The summed E-state index contributed by atoms with van der Waals surface area (Å²) in [7, 11) is 3.20. The number of nitrogens with zero attached hydrogens (tertiary/aromatic N) is 1. The van der Waals surface area contributed by atoms with E-state index in [9.17, 15) is 9.76 Å². The highest BCUT2D eigenvalue weighted by Gasteiger charge is 2.28. The molecule has 0 saturated carbocycles. The summed E-state index contributed by atoms with van der Waals surface area (Å²) in [6.45, 7) is 0.752. The first-order valence-corrected chi connectivity index (χ1v) is 6.44. The largest absolute Gasteiger partial charge is 0.633 e. The summed E-state index contributed by atoms with van der Waals surface area (Å²) in [4.78, 5) is 0.776. The minimum atomic E-state index is -1.06. The highest BCUT2D eigenvalue weighted by molar-refractivity contribution is 7.91. The predicted molar refractivity (Wildman–Crippen MR) is 62.4 cm³/mol. The molecule has 0 aliphatic carbocycles. The van der Waals surface area contributed by atoms with Gasteiger partial charge in [0, 0.05) is 0 Å². The molecule has 16 heavy (non-hydrogen) atoms. The Balaban J connectivity index is 2.42. The van der Waals surface area contributed by atoms with Gasteiger partial charge in [-0.1, -0.05) is 0 Å². The van der Waals surface area contributed by atoms with Gasteiger partial charge in [-0.15, -0.1) is 0 Å². The number of benzene rings is 1. The van der Waals surface area contributed by atoms with Crippen LogP contribution in [0.2, 0.25) is 0 Å². The molecule has 0 amide bonds. The van der Waals surface area contributed by atoms with Crippen molar-refractivity contribution in [2.75, 3.05) is 26.5 Å². The molecule has 2 rings (SSSR count). The Morgan fingerprint density at radius 2 is 2.19 bits per heavy atom. The van der Waals surface area contributed by atoms with Crippen molar-refractivity contribution in [3.05, 3.63) is 29.0 Å². The van der Waals surface area contributed by atoms with Crippen LogP contribution in [0.3, 0.4) is 0 Å². The van der Waals surface area contributed by atoms with Crippen molar-refractivity contribution in [2.24, 2.45) is 0 Å². The van der Waals surface area contributed by atoms with Gasteiger partial charge >= 0.3 is 0 Å². The van der Waals surface area contributed by atoms with Crippen LogP contribution in [0.5, 0.6) is 5.75 Å². The summed E-state index contributed by atoms with van der Waals surface area (Å²) >= 11 is -1.06. The minimum absolute atomic E-state index is 0.359. The molecule has 4 nitrogen and oxygen atoms in total. The van der Waals surface area contributed by atoms with Gasteiger partial charge in [0.1, 0.15) is 18.8 Å². The van der Waals surface area contributed by atoms with E-state index in [1.807, 2.05) is 6.07 Å². The second-order valence-electron chi connectivity index (χ2n) is 4.20. The normalized spacial score (nSPS) is 29.4. The van der Waals surface area contributed by atoms with Crippen LogP contribution in [-0.2, 0) is 17.7 Å². The van der Waals surface area contributed by atoms with Crippen molar-refractivity contribution in [1.29, 1.82) is 0 Å². The van der Waals surface area contributed by atoms with Gasteiger partial charge in [-0.05, 0) is 29.4 Å². The van der Waals surface area contributed by atoms with Gasteiger partial charge in [0.25, 0.3) is 0 Å². The summed E-state index contributed by atoms with van der Waals surface area (Å²) in [6.07, 6.45) is 0. The molecule has 2 atom stereocenters. The molecule has 5 heteroatoms. The minimum Gasteiger partial charge on any atom is -0.633 e. The first kappa shape index (κ1) is 11.7. The van der Waals surface area contributed by atoms with Gasteiger partial charge in [-0.2, -0.15) is 0 Å². The van der Waals surface area contributed by atoms with Crippen LogP contribution in [0.15, 0.2) is 23.1 Å². The standard InChI is InChI=1S/C11H15NO3S/c1-12(13)5-6-16(14)11-4-3-10(15-2)7-9(11)8-12/h3-4,7H,5-6,8H2,1-2H3. The summed E-state index contributed by atoms with van der Waals surface area (Å²) in [5.41, 5.74) is 0.840. The predicted octanol–water partition coefficient (Wildman–Crippen LogP) is 1.26. The van der Waals surface area contributed by atoms with Gasteiger partial charge in [0.15, 0.2) is 10.6 Å². The zero-order valence-corrected chi connectivity index (χ0v) is 10.3. The lowest BCUT2D eigenvalue weighted by Crippen LogP contribution is -2.38. The number of fused-ring (bicyclic) bond motifs is 1. The highest BCUT2D eigenvalue weighted by Crippen LogP contribution is 2.28. The molecule has 0 fully saturated rings. The van der Waals surface area contributed by atoms with E-state index in [1.54, 1.807) is 26.3 Å². The van der Waals surface area contributed by atoms with Crippen molar-refractivity contribution in [2.45, 2.75) is 11.4 Å². The molecule has 2 unspecified atom stereocenters. The molecule has 1 aliphatic heterocycles. The van der Waals surface area contributed by atoms with Crippen LogP contribution in [0.4, 0.5) is 0 Å². The van der Waals surface area contributed by atoms with E-state index in [0.29, 0.717) is 24.6 Å². The Morgan fingerprint density at radius 3 is 2.88 bits per heavy atom. The maximum Gasteiger partial charge on any atom is 0.162 e. The molecule has 0 N–H and O–H groups in total. The molecule has 1 aromatic carbocycles. The molecule has 1 aromatic rings. The first-order valence-electron chi connectivity index (χ1n) is 5.13. The third-order valence-corrected chi connectivity index (χ3v) is 4.21. The zero-order valence-electron chi connectivity index (χ0n) is 9.43. The lowest BCUT2D eigenvalue weighted by atomic mass is 10.2. The fourth-order valence-electron chi connectivity index (χ4n) is 1.85. The Hall–Kier alpha value is -0.750.